The summed E-state index contributed by atoms with van der Waals surface area (Å²) in [6.45, 7) is 5.67. The van der Waals surface area contributed by atoms with E-state index in [1.807, 2.05) is 26.0 Å². The third-order valence-corrected chi connectivity index (χ3v) is 3.15. The van der Waals surface area contributed by atoms with Crippen LogP contribution in [-0.2, 0) is 4.74 Å². The van der Waals surface area contributed by atoms with Crippen LogP contribution >= 0.6 is 11.8 Å². The predicted molar refractivity (Wildman–Crippen MR) is 79.2 cm³/mol. The summed E-state index contributed by atoms with van der Waals surface area (Å²) in [7, 11) is 0. The van der Waals surface area contributed by atoms with Crippen molar-refractivity contribution in [1.29, 1.82) is 0 Å². The second-order valence-corrected chi connectivity index (χ2v) is 4.66. The van der Waals surface area contributed by atoms with Crippen molar-refractivity contribution in [3.05, 3.63) is 60.7 Å². The third-order valence-electron chi connectivity index (χ3n) is 2.13. The van der Waals surface area contributed by atoms with Gasteiger partial charge in [-0.05, 0) is 38.1 Å². The van der Waals surface area contributed by atoms with Crippen LogP contribution in [0.1, 0.15) is 13.8 Å². The van der Waals surface area contributed by atoms with Crippen LogP contribution in [0.2, 0.25) is 0 Å². The normalized spacial score (nSPS) is 9.44. The summed E-state index contributed by atoms with van der Waals surface area (Å²) < 4.78 is 4.83. The minimum absolute atomic E-state index is 0.844. The summed E-state index contributed by atoms with van der Waals surface area (Å²) in [6.07, 6.45) is 0. The Balaban J connectivity index is 0.000000280. The molecule has 0 saturated heterocycles. The molecule has 0 amide bonds. The molecular weight excluding hydrogens is 240 g/mol. The van der Waals surface area contributed by atoms with Crippen molar-refractivity contribution in [3.63, 3.8) is 0 Å². The van der Waals surface area contributed by atoms with Crippen molar-refractivity contribution >= 4 is 11.8 Å². The van der Waals surface area contributed by atoms with E-state index in [9.17, 15) is 0 Å². The first-order valence-corrected chi connectivity index (χ1v) is 7.04. The SMILES string of the molecule is CCOCC.c1ccc(Sc2ccccc2)cc1. The Hall–Kier alpha value is -1.25. The van der Waals surface area contributed by atoms with Gasteiger partial charge in [-0.2, -0.15) is 0 Å². The van der Waals surface area contributed by atoms with Gasteiger partial charge < -0.3 is 4.74 Å². The Labute approximate surface area is 114 Å². The molecule has 2 aromatic carbocycles. The van der Waals surface area contributed by atoms with Crippen molar-refractivity contribution in [1.82, 2.24) is 0 Å². The molecular formula is C16H20OS. The molecule has 0 aliphatic heterocycles. The first-order valence-electron chi connectivity index (χ1n) is 6.22. The van der Waals surface area contributed by atoms with Crippen molar-refractivity contribution in [2.24, 2.45) is 0 Å². The van der Waals surface area contributed by atoms with Gasteiger partial charge in [-0.3, -0.25) is 0 Å². The lowest BCUT2D eigenvalue weighted by atomic mass is 10.4. The highest BCUT2D eigenvalue weighted by Crippen LogP contribution is 2.26. The van der Waals surface area contributed by atoms with Gasteiger partial charge in [0.05, 0.1) is 0 Å². The van der Waals surface area contributed by atoms with Gasteiger partial charge in [0.2, 0.25) is 0 Å². The fourth-order valence-electron chi connectivity index (χ4n) is 1.32. The average Bonchev–Trinajstić information content (AvgIpc) is 2.43. The number of ether oxygens (including phenoxy) is 1. The first kappa shape index (κ1) is 14.8. The van der Waals surface area contributed by atoms with Crippen molar-refractivity contribution in [2.45, 2.75) is 23.6 Å². The number of hydrogen-bond donors (Lipinski definition) is 0. The van der Waals surface area contributed by atoms with E-state index in [1.165, 1.54) is 9.79 Å². The van der Waals surface area contributed by atoms with E-state index < -0.39 is 0 Å². The molecule has 0 fully saturated rings. The van der Waals surface area contributed by atoms with Gasteiger partial charge in [-0.25, -0.2) is 0 Å². The molecule has 0 aliphatic carbocycles. The standard InChI is InChI=1S/C12H10S.C4H10O/c1-3-7-11(8-4-1)13-12-9-5-2-6-10-12;1-3-5-4-2/h1-10H;3-4H2,1-2H3. The fraction of sp³-hybridized carbons (Fsp3) is 0.250. The van der Waals surface area contributed by atoms with E-state index >= 15 is 0 Å². The molecule has 2 heteroatoms. The van der Waals surface area contributed by atoms with Crippen molar-refractivity contribution < 1.29 is 4.74 Å². The zero-order chi connectivity index (χ0) is 13.1. The molecule has 0 bridgehead atoms. The largest absolute Gasteiger partial charge is 0.382 e. The summed E-state index contributed by atoms with van der Waals surface area (Å²) in [5.41, 5.74) is 0. The zero-order valence-corrected chi connectivity index (χ0v) is 11.8. The number of benzene rings is 2. The van der Waals surface area contributed by atoms with Crippen molar-refractivity contribution in [3.8, 4) is 0 Å². The zero-order valence-electron chi connectivity index (χ0n) is 11.0. The Morgan fingerprint density at radius 1 is 0.722 bits per heavy atom. The van der Waals surface area contributed by atoms with E-state index in [4.69, 9.17) is 4.74 Å². The summed E-state index contributed by atoms with van der Waals surface area (Å²) >= 11 is 1.79. The second-order valence-electron chi connectivity index (χ2n) is 3.51. The van der Waals surface area contributed by atoms with E-state index in [0.717, 1.165) is 13.2 Å². The maximum atomic E-state index is 4.83. The molecule has 0 radical (unpaired) electrons. The minimum Gasteiger partial charge on any atom is -0.382 e. The molecule has 96 valence electrons. The van der Waals surface area contributed by atoms with Crippen LogP contribution < -0.4 is 0 Å². The van der Waals surface area contributed by atoms with Gasteiger partial charge >= 0.3 is 0 Å². The van der Waals surface area contributed by atoms with Crippen LogP contribution in [0.25, 0.3) is 0 Å². The van der Waals surface area contributed by atoms with Crippen LogP contribution in [0.15, 0.2) is 70.5 Å². The van der Waals surface area contributed by atoms with E-state index in [-0.39, 0.29) is 0 Å². The minimum atomic E-state index is 0.844. The molecule has 0 spiro atoms. The van der Waals surface area contributed by atoms with E-state index in [2.05, 4.69) is 48.5 Å². The molecule has 0 atom stereocenters. The Bertz CT molecular complexity index is 360. The second kappa shape index (κ2) is 9.75. The quantitative estimate of drug-likeness (QED) is 0.774. The van der Waals surface area contributed by atoms with Gasteiger partial charge in [0.15, 0.2) is 0 Å². The van der Waals surface area contributed by atoms with Crippen LogP contribution in [0.5, 0.6) is 0 Å². The molecule has 0 heterocycles. The molecule has 0 unspecified atom stereocenters. The van der Waals surface area contributed by atoms with Gasteiger partial charge in [0.25, 0.3) is 0 Å². The van der Waals surface area contributed by atoms with Crippen LogP contribution in [0.3, 0.4) is 0 Å². The summed E-state index contributed by atoms with van der Waals surface area (Å²) in [5, 5.41) is 0. The maximum absolute atomic E-state index is 4.83. The van der Waals surface area contributed by atoms with Crippen molar-refractivity contribution in [2.75, 3.05) is 13.2 Å². The number of rotatable bonds is 4. The average molecular weight is 260 g/mol. The molecule has 0 saturated carbocycles. The summed E-state index contributed by atoms with van der Waals surface area (Å²) in [5.74, 6) is 0. The van der Waals surface area contributed by atoms with Gasteiger partial charge in [0, 0.05) is 23.0 Å². The molecule has 18 heavy (non-hydrogen) atoms. The lowest BCUT2D eigenvalue weighted by Crippen LogP contribution is -1.84. The molecule has 0 N–H and O–H groups in total. The molecule has 2 rings (SSSR count). The predicted octanol–water partition coefficient (Wildman–Crippen LogP) is 4.88. The first-order chi connectivity index (χ1) is 8.86. The van der Waals surface area contributed by atoms with E-state index in [1.54, 1.807) is 11.8 Å². The third kappa shape index (κ3) is 6.48. The highest BCUT2D eigenvalue weighted by atomic mass is 32.2. The van der Waals surface area contributed by atoms with Crippen LogP contribution in [0, 0.1) is 0 Å². The Kier molecular flexibility index (Phi) is 8.02. The van der Waals surface area contributed by atoms with E-state index in [0.29, 0.717) is 0 Å². The summed E-state index contributed by atoms with van der Waals surface area (Å²) in [4.78, 5) is 2.57. The molecule has 1 nitrogen and oxygen atoms in total. The fourth-order valence-corrected chi connectivity index (χ4v) is 2.18. The molecule has 2 aromatic rings. The Morgan fingerprint density at radius 2 is 1.11 bits per heavy atom. The number of hydrogen-bond acceptors (Lipinski definition) is 2. The molecule has 0 aliphatic rings. The van der Waals surface area contributed by atoms with Gasteiger partial charge in [-0.1, -0.05) is 48.2 Å². The highest BCUT2D eigenvalue weighted by Gasteiger charge is 1.93. The lowest BCUT2D eigenvalue weighted by Gasteiger charge is -1.99. The topological polar surface area (TPSA) is 9.23 Å². The van der Waals surface area contributed by atoms with Gasteiger partial charge in [0.1, 0.15) is 0 Å². The monoisotopic (exact) mass is 260 g/mol. The highest BCUT2D eigenvalue weighted by molar-refractivity contribution is 7.99. The maximum Gasteiger partial charge on any atom is 0.0437 e. The van der Waals surface area contributed by atoms with Crippen LogP contribution in [0.4, 0.5) is 0 Å². The van der Waals surface area contributed by atoms with Crippen LogP contribution in [-0.4, -0.2) is 13.2 Å². The smallest absolute Gasteiger partial charge is 0.0437 e. The lowest BCUT2D eigenvalue weighted by molar-refractivity contribution is 0.162. The molecule has 0 aromatic heterocycles. The van der Waals surface area contributed by atoms with Gasteiger partial charge in [-0.15, -0.1) is 0 Å². The Morgan fingerprint density at radius 3 is 1.39 bits per heavy atom. The summed E-state index contributed by atoms with van der Waals surface area (Å²) in [6, 6.07) is 20.8.